The average Bonchev–Trinajstić information content (AvgIpc) is 3.12. The summed E-state index contributed by atoms with van der Waals surface area (Å²) in [6.07, 6.45) is 2.19. The van der Waals surface area contributed by atoms with Crippen LogP contribution in [0.3, 0.4) is 0 Å². The van der Waals surface area contributed by atoms with Crippen molar-refractivity contribution in [2.45, 2.75) is 25.2 Å². The van der Waals surface area contributed by atoms with Gasteiger partial charge in [0.05, 0.1) is 16.7 Å². The Labute approximate surface area is 135 Å². The number of hydrogen-bond donors (Lipinski definition) is 1. The summed E-state index contributed by atoms with van der Waals surface area (Å²) in [6.45, 7) is 4.30. The van der Waals surface area contributed by atoms with Crippen LogP contribution in [0.4, 0.5) is 5.69 Å². The van der Waals surface area contributed by atoms with E-state index < -0.39 is 10.0 Å². The number of aryl methyl sites for hydroxylation is 1. The van der Waals surface area contributed by atoms with Crippen molar-refractivity contribution in [3.8, 4) is 0 Å². The highest BCUT2D eigenvalue weighted by molar-refractivity contribution is 7.89. The average molecular weight is 334 g/mol. The monoisotopic (exact) mass is 334 g/mol. The minimum Gasteiger partial charge on any atom is -0.469 e. The lowest BCUT2D eigenvalue weighted by molar-refractivity contribution is 0.0988. The molecule has 6 nitrogen and oxygen atoms in total. The highest BCUT2D eigenvalue weighted by atomic mass is 32.2. The van der Waals surface area contributed by atoms with Crippen LogP contribution in [0.1, 0.15) is 28.6 Å². The molecule has 0 saturated heterocycles. The Kier molecular flexibility index (Phi) is 3.99. The molecule has 0 unspecified atom stereocenters. The molecule has 122 valence electrons. The molecule has 0 aliphatic carbocycles. The smallest absolute Gasteiger partial charge is 0.261 e. The van der Waals surface area contributed by atoms with Gasteiger partial charge in [-0.05, 0) is 37.1 Å². The normalized spacial score (nSPS) is 14.1. The Morgan fingerprint density at radius 1 is 1.35 bits per heavy atom. The van der Waals surface area contributed by atoms with Crippen LogP contribution >= 0.6 is 0 Å². The minimum absolute atomic E-state index is 0.168. The number of benzene rings is 1. The van der Waals surface area contributed by atoms with Crippen LogP contribution in [-0.4, -0.2) is 27.4 Å². The van der Waals surface area contributed by atoms with Gasteiger partial charge in [-0.25, -0.2) is 13.1 Å². The maximum absolute atomic E-state index is 12.7. The van der Waals surface area contributed by atoms with Crippen LogP contribution in [-0.2, 0) is 16.4 Å². The lowest BCUT2D eigenvalue weighted by Gasteiger charge is -2.17. The summed E-state index contributed by atoms with van der Waals surface area (Å²) in [6, 6.07) is 6.55. The Morgan fingerprint density at radius 2 is 2.13 bits per heavy atom. The summed E-state index contributed by atoms with van der Waals surface area (Å²) in [5.41, 5.74) is 2.11. The second-order valence-corrected chi connectivity index (χ2v) is 7.16. The summed E-state index contributed by atoms with van der Waals surface area (Å²) in [4.78, 5) is 14.5. The molecule has 1 aromatic carbocycles. The fraction of sp³-hybridized carbons (Fsp3) is 0.312. The first-order valence-electron chi connectivity index (χ1n) is 7.42. The number of carbonyl (C=O) groups is 1. The summed E-state index contributed by atoms with van der Waals surface area (Å²) in [5.74, 6) is 0.382. The molecule has 0 fully saturated rings. The first-order chi connectivity index (χ1) is 10.9. The highest BCUT2D eigenvalue weighted by Gasteiger charge is 2.28. The number of sulfonamides is 1. The molecule has 0 bridgehead atoms. The van der Waals surface area contributed by atoms with Crippen molar-refractivity contribution in [3.05, 3.63) is 47.4 Å². The number of carbonyl (C=O) groups excluding carboxylic acids is 1. The molecule has 1 N–H and O–H groups in total. The SMILES string of the molecule is CCNS(=O)(=O)c1ccc2c(c1)N(C(=O)c1ccoc1C)CC2. The van der Waals surface area contributed by atoms with E-state index in [0.29, 0.717) is 36.5 Å². The standard InChI is InChI=1S/C16H18N2O4S/c1-3-17-23(20,21)13-5-4-12-6-8-18(15(12)10-13)16(19)14-7-9-22-11(14)2/h4-5,7,9-10,17H,3,6,8H2,1-2H3. The number of furan rings is 1. The maximum atomic E-state index is 12.7. The van der Waals surface area contributed by atoms with E-state index in [1.165, 1.54) is 6.26 Å². The number of fused-ring (bicyclic) bond motifs is 1. The molecule has 0 spiro atoms. The van der Waals surface area contributed by atoms with Gasteiger partial charge in [0.2, 0.25) is 10.0 Å². The molecular weight excluding hydrogens is 316 g/mol. The van der Waals surface area contributed by atoms with E-state index >= 15 is 0 Å². The van der Waals surface area contributed by atoms with Crippen LogP contribution < -0.4 is 9.62 Å². The van der Waals surface area contributed by atoms with Gasteiger partial charge in [0, 0.05) is 18.8 Å². The second-order valence-electron chi connectivity index (χ2n) is 5.39. The Morgan fingerprint density at radius 3 is 2.78 bits per heavy atom. The molecule has 1 aliphatic heterocycles. The molecule has 7 heteroatoms. The maximum Gasteiger partial charge on any atom is 0.261 e. The quantitative estimate of drug-likeness (QED) is 0.928. The predicted molar refractivity (Wildman–Crippen MR) is 86.1 cm³/mol. The van der Waals surface area contributed by atoms with Crippen LogP contribution in [0.2, 0.25) is 0 Å². The Balaban J connectivity index is 1.99. The van der Waals surface area contributed by atoms with Crippen molar-refractivity contribution in [2.75, 3.05) is 18.0 Å². The van der Waals surface area contributed by atoms with E-state index in [4.69, 9.17) is 4.42 Å². The lowest BCUT2D eigenvalue weighted by atomic mass is 10.1. The van der Waals surface area contributed by atoms with Gasteiger partial charge in [-0.15, -0.1) is 0 Å². The molecule has 3 rings (SSSR count). The van der Waals surface area contributed by atoms with Gasteiger partial charge in [0.15, 0.2) is 0 Å². The van der Waals surface area contributed by atoms with Crippen molar-refractivity contribution < 1.29 is 17.6 Å². The third-order valence-electron chi connectivity index (χ3n) is 3.93. The van der Waals surface area contributed by atoms with Gasteiger partial charge in [-0.1, -0.05) is 13.0 Å². The second kappa shape index (κ2) is 5.82. The number of amides is 1. The predicted octanol–water partition coefficient (Wildman–Crippen LogP) is 2.09. The van der Waals surface area contributed by atoms with E-state index in [0.717, 1.165) is 5.56 Å². The number of hydrogen-bond acceptors (Lipinski definition) is 4. The molecule has 2 aromatic rings. The minimum atomic E-state index is -3.55. The van der Waals surface area contributed by atoms with Gasteiger partial charge < -0.3 is 9.32 Å². The van der Waals surface area contributed by atoms with Gasteiger partial charge in [-0.2, -0.15) is 0 Å². The van der Waals surface area contributed by atoms with Crippen molar-refractivity contribution in [1.82, 2.24) is 4.72 Å². The number of rotatable bonds is 4. The highest BCUT2D eigenvalue weighted by Crippen LogP contribution is 2.32. The first kappa shape index (κ1) is 15.8. The van der Waals surface area contributed by atoms with E-state index in [1.807, 2.05) is 0 Å². The molecule has 23 heavy (non-hydrogen) atoms. The molecule has 1 aliphatic rings. The van der Waals surface area contributed by atoms with Crippen molar-refractivity contribution >= 4 is 21.6 Å². The largest absolute Gasteiger partial charge is 0.469 e. The Hall–Kier alpha value is -2.12. The summed E-state index contributed by atoms with van der Waals surface area (Å²) in [5, 5.41) is 0. The Bertz CT molecular complexity index is 855. The van der Waals surface area contributed by atoms with Gasteiger partial charge in [0.1, 0.15) is 5.76 Å². The fourth-order valence-electron chi connectivity index (χ4n) is 2.76. The van der Waals surface area contributed by atoms with Crippen LogP contribution in [0.15, 0.2) is 39.8 Å². The zero-order chi connectivity index (χ0) is 16.6. The summed E-state index contributed by atoms with van der Waals surface area (Å²) < 4.78 is 32.0. The van der Waals surface area contributed by atoms with Gasteiger partial charge >= 0.3 is 0 Å². The van der Waals surface area contributed by atoms with Crippen molar-refractivity contribution in [1.29, 1.82) is 0 Å². The van der Waals surface area contributed by atoms with E-state index in [1.54, 1.807) is 43.0 Å². The van der Waals surface area contributed by atoms with Crippen molar-refractivity contribution in [3.63, 3.8) is 0 Å². The lowest BCUT2D eigenvalue weighted by Crippen LogP contribution is -2.29. The third kappa shape index (κ3) is 2.77. The van der Waals surface area contributed by atoms with E-state index in [-0.39, 0.29) is 10.8 Å². The number of anilines is 1. The van der Waals surface area contributed by atoms with Crippen molar-refractivity contribution in [2.24, 2.45) is 0 Å². The van der Waals surface area contributed by atoms with E-state index in [9.17, 15) is 13.2 Å². The molecule has 2 heterocycles. The molecule has 0 saturated carbocycles. The first-order valence-corrected chi connectivity index (χ1v) is 8.91. The third-order valence-corrected chi connectivity index (χ3v) is 5.47. The summed E-state index contributed by atoms with van der Waals surface area (Å²) in [7, 11) is -3.55. The molecule has 0 atom stereocenters. The zero-order valence-electron chi connectivity index (χ0n) is 13.0. The summed E-state index contributed by atoms with van der Waals surface area (Å²) >= 11 is 0. The van der Waals surface area contributed by atoms with Crippen LogP contribution in [0.5, 0.6) is 0 Å². The zero-order valence-corrected chi connectivity index (χ0v) is 13.8. The van der Waals surface area contributed by atoms with Gasteiger partial charge in [0.25, 0.3) is 5.91 Å². The van der Waals surface area contributed by atoms with Crippen LogP contribution in [0.25, 0.3) is 0 Å². The molecule has 1 amide bonds. The number of nitrogens with zero attached hydrogens (tertiary/aromatic N) is 1. The fourth-order valence-corrected chi connectivity index (χ4v) is 3.82. The molecule has 0 radical (unpaired) electrons. The molecule has 1 aromatic heterocycles. The van der Waals surface area contributed by atoms with Crippen LogP contribution in [0, 0.1) is 6.92 Å². The topological polar surface area (TPSA) is 79.6 Å². The number of nitrogens with one attached hydrogen (secondary N) is 1. The van der Waals surface area contributed by atoms with Gasteiger partial charge in [-0.3, -0.25) is 4.79 Å². The molecular formula is C16H18N2O4S. The van der Waals surface area contributed by atoms with E-state index in [2.05, 4.69) is 4.72 Å².